The molecule has 10 heteroatoms. The third-order valence-corrected chi connectivity index (χ3v) is 6.02. The number of methoxy groups -OCH3 is 1. The normalized spacial score (nSPS) is 16.1. The third kappa shape index (κ3) is 8.73. The zero-order chi connectivity index (χ0) is 25.8. The van der Waals surface area contributed by atoms with Gasteiger partial charge in [0, 0.05) is 63.0 Å². The fraction of sp³-hybridized carbons (Fsp3) is 0.480. The van der Waals surface area contributed by atoms with Crippen molar-refractivity contribution in [1.29, 1.82) is 0 Å². The number of nitro groups is 2. The summed E-state index contributed by atoms with van der Waals surface area (Å²) in [6.45, 7) is 7.92. The lowest BCUT2D eigenvalue weighted by atomic mass is 10.0. The minimum atomic E-state index is -0.411. The summed E-state index contributed by atoms with van der Waals surface area (Å²) in [5.74, 6) is -0.252. The Hall–Kier alpha value is -3.37. The number of nitrogens with zero attached hydrogens (tertiary/aromatic N) is 4. The van der Waals surface area contributed by atoms with E-state index in [1.807, 2.05) is 13.8 Å². The van der Waals surface area contributed by atoms with Crippen LogP contribution in [0.3, 0.4) is 0 Å². The van der Waals surface area contributed by atoms with Crippen LogP contribution in [-0.4, -0.2) is 71.5 Å². The molecule has 10 nitrogen and oxygen atoms in total. The number of hydrogen-bond donors (Lipinski definition) is 0. The van der Waals surface area contributed by atoms with Crippen LogP contribution in [0.25, 0.3) is 0 Å². The molecule has 35 heavy (non-hydrogen) atoms. The number of esters is 1. The van der Waals surface area contributed by atoms with Crippen LogP contribution < -0.4 is 0 Å². The van der Waals surface area contributed by atoms with Crippen molar-refractivity contribution in [3.63, 3.8) is 0 Å². The Kier molecular flexibility index (Phi) is 11.2. The average Bonchev–Trinajstić information content (AvgIpc) is 2.88. The first-order valence-electron chi connectivity index (χ1n) is 11.9. The molecule has 1 atom stereocenters. The second-order valence-corrected chi connectivity index (χ2v) is 8.12. The van der Waals surface area contributed by atoms with Gasteiger partial charge in [-0.15, -0.1) is 0 Å². The maximum atomic E-state index is 12.0. The van der Waals surface area contributed by atoms with Crippen LogP contribution in [0.1, 0.15) is 31.4 Å². The first-order valence-corrected chi connectivity index (χ1v) is 11.9. The number of carbonyl (C=O) groups is 1. The predicted octanol–water partition coefficient (Wildman–Crippen LogP) is 3.86. The summed E-state index contributed by atoms with van der Waals surface area (Å²) in [7, 11) is 1.39. The highest BCUT2D eigenvalue weighted by Gasteiger charge is 2.28. The van der Waals surface area contributed by atoms with Gasteiger partial charge in [-0.25, -0.2) is 0 Å². The van der Waals surface area contributed by atoms with Crippen LogP contribution in [0.15, 0.2) is 48.5 Å². The number of rotatable bonds is 10. The summed E-state index contributed by atoms with van der Waals surface area (Å²) in [6, 6.07) is 13.2. The Bertz CT molecular complexity index is 965. The van der Waals surface area contributed by atoms with Gasteiger partial charge in [-0.3, -0.25) is 29.9 Å². The number of non-ortho nitro benzene ring substituents is 2. The molecular weight excluding hydrogens is 452 g/mol. The number of hydrogen-bond acceptors (Lipinski definition) is 8. The van der Waals surface area contributed by atoms with Gasteiger partial charge in [0.25, 0.3) is 11.4 Å². The lowest BCUT2D eigenvalue weighted by molar-refractivity contribution is -0.385. The van der Waals surface area contributed by atoms with Crippen LogP contribution in [0.2, 0.25) is 0 Å². The zero-order valence-corrected chi connectivity index (χ0v) is 20.6. The molecule has 2 aromatic rings. The molecule has 0 aromatic heterocycles. The maximum Gasteiger partial charge on any atom is 0.307 e. The van der Waals surface area contributed by atoms with Gasteiger partial charge in [0.2, 0.25) is 0 Å². The largest absolute Gasteiger partial charge is 0.469 e. The van der Waals surface area contributed by atoms with Crippen molar-refractivity contribution in [2.45, 2.75) is 39.2 Å². The Balaban J connectivity index is 0.00000210. The minimum Gasteiger partial charge on any atom is -0.469 e. The Morgan fingerprint density at radius 3 is 1.83 bits per heavy atom. The van der Waals surface area contributed by atoms with Crippen LogP contribution in [0.4, 0.5) is 11.4 Å². The molecule has 3 rings (SSSR count). The van der Waals surface area contributed by atoms with Crippen molar-refractivity contribution in [3.8, 4) is 0 Å². The highest BCUT2D eigenvalue weighted by Crippen LogP contribution is 2.18. The van der Waals surface area contributed by atoms with Gasteiger partial charge in [0.15, 0.2) is 0 Å². The first kappa shape index (κ1) is 27.9. The monoisotopic (exact) mass is 486 g/mol. The van der Waals surface area contributed by atoms with Crippen LogP contribution in [-0.2, 0) is 22.4 Å². The Morgan fingerprint density at radius 1 is 0.886 bits per heavy atom. The van der Waals surface area contributed by atoms with Gasteiger partial charge in [-0.1, -0.05) is 38.1 Å². The van der Waals surface area contributed by atoms with E-state index < -0.39 is 9.85 Å². The molecule has 190 valence electrons. The van der Waals surface area contributed by atoms with E-state index in [9.17, 15) is 25.0 Å². The molecule has 0 spiro atoms. The number of ether oxygens (including phenoxy) is 1. The number of carbonyl (C=O) groups excluding carboxylic acids is 1. The van der Waals surface area contributed by atoms with Crippen molar-refractivity contribution in [3.05, 3.63) is 79.9 Å². The fourth-order valence-corrected chi connectivity index (χ4v) is 4.05. The molecule has 1 heterocycles. The van der Waals surface area contributed by atoms with Crippen molar-refractivity contribution in [2.75, 3.05) is 39.8 Å². The quantitative estimate of drug-likeness (QED) is 0.282. The van der Waals surface area contributed by atoms with E-state index in [0.29, 0.717) is 6.42 Å². The molecule has 0 bridgehead atoms. The molecule has 1 fully saturated rings. The highest BCUT2D eigenvalue weighted by molar-refractivity contribution is 5.70. The summed E-state index contributed by atoms with van der Waals surface area (Å²) in [5.41, 5.74) is 2.20. The SMILES string of the molecule is CC.COC(=O)CC1CN(CCc2ccc([N+](=O)[O-])cc2)CCN1CCc1ccc([N+](=O)[O-])cc1. The van der Waals surface area contributed by atoms with Crippen molar-refractivity contribution < 1.29 is 19.4 Å². The molecule has 1 aliphatic heterocycles. The highest BCUT2D eigenvalue weighted by atomic mass is 16.6. The van der Waals surface area contributed by atoms with Gasteiger partial charge in [-0.05, 0) is 24.0 Å². The van der Waals surface area contributed by atoms with Gasteiger partial charge in [0.05, 0.1) is 23.4 Å². The topological polar surface area (TPSA) is 119 Å². The first-order chi connectivity index (χ1) is 16.9. The third-order valence-electron chi connectivity index (χ3n) is 6.02. The van der Waals surface area contributed by atoms with Crippen LogP contribution >= 0.6 is 0 Å². The molecule has 2 aromatic carbocycles. The lowest BCUT2D eigenvalue weighted by Gasteiger charge is -2.41. The lowest BCUT2D eigenvalue weighted by Crippen LogP contribution is -2.54. The van der Waals surface area contributed by atoms with Crippen molar-refractivity contribution in [2.24, 2.45) is 0 Å². The minimum absolute atomic E-state index is 0.0149. The van der Waals surface area contributed by atoms with Crippen LogP contribution in [0, 0.1) is 20.2 Å². The zero-order valence-electron chi connectivity index (χ0n) is 20.6. The Morgan fingerprint density at radius 2 is 1.37 bits per heavy atom. The number of benzene rings is 2. The van der Waals surface area contributed by atoms with E-state index >= 15 is 0 Å². The molecule has 0 radical (unpaired) electrons. The number of piperazine rings is 1. The van der Waals surface area contributed by atoms with Crippen molar-refractivity contribution >= 4 is 17.3 Å². The van der Waals surface area contributed by atoms with Crippen molar-refractivity contribution in [1.82, 2.24) is 9.80 Å². The van der Waals surface area contributed by atoms with Gasteiger partial charge < -0.3 is 9.64 Å². The van der Waals surface area contributed by atoms with E-state index in [0.717, 1.165) is 56.7 Å². The average molecular weight is 487 g/mol. The van der Waals surface area contributed by atoms with Crippen LogP contribution in [0.5, 0.6) is 0 Å². The fourth-order valence-electron chi connectivity index (χ4n) is 4.05. The standard InChI is InChI=1S/C23H28N4O6.C2H6/c1-33-23(28)16-22-17-24(12-10-18-2-6-20(7-3-18)26(29)30)14-15-25(22)13-11-19-4-8-21(9-5-19)27(31)32;1-2/h2-9,22H,10-17H2,1H3;1-2H3. The Labute approximate surface area is 205 Å². The van der Waals surface area contributed by atoms with E-state index in [4.69, 9.17) is 4.74 Å². The summed E-state index contributed by atoms with van der Waals surface area (Å²) in [5, 5.41) is 21.6. The molecule has 1 saturated heterocycles. The van der Waals surface area contributed by atoms with E-state index in [1.54, 1.807) is 24.3 Å². The molecule has 0 aliphatic carbocycles. The summed E-state index contributed by atoms with van der Waals surface area (Å²) >= 11 is 0. The molecule has 0 saturated carbocycles. The van der Waals surface area contributed by atoms with Gasteiger partial charge in [0.1, 0.15) is 0 Å². The van der Waals surface area contributed by atoms with E-state index in [2.05, 4.69) is 9.80 Å². The van der Waals surface area contributed by atoms with Gasteiger partial charge >= 0.3 is 5.97 Å². The molecule has 0 N–H and O–H groups in total. The summed E-state index contributed by atoms with van der Waals surface area (Å²) in [6.07, 6.45) is 1.80. The smallest absolute Gasteiger partial charge is 0.307 e. The molecule has 0 amide bonds. The second-order valence-electron chi connectivity index (χ2n) is 8.12. The second kappa shape index (κ2) is 14.1. The van der Waals surface area contributed by atoms with Gasteiger partial charge in [-0.2, -0.15) is 0 Å². The van der Waals surface area contributed by atoms with E-state index in [1.165, 1.54) is 31.4 Å². The number of nitro benzene ring substituents is 2. The molecular formula is C25H34N4O6. The maximum absolute atomic E-state index is 12.0. The molecule has 1 aliphatic rings. The molecule has 1 unspecified atom stereocenters. The summed E-state index contributed by atoms with van der Waals surface area (Å²) in [4.78, 5) is 37.4. The van der Waals surface area contributed by atoms with E-state index in [-0.39, 0.29) is 23.4 Å². The predicted molar refractivity (Wildman–Crippen MR) is 133 cm³/mol. The summed E-state index contributed by atoms with van der Waals surface area (Å²) < 4.78 is 4.89.